The van der Waals surface area contributed by atoms with Gasteiger partial charge in [0, 0.05) is 37.3 Å². The van der Waals surface area contributed by atoms with Gasteiger partial charge in [0.25, 0.3) is 5.91 Å². The van der Waals surface area contributed by atoms with E-state index in [0.717, 1.165) is 19.3 Å². The highest BCUT2D eigenvalue weighted by Gasteiger charge is 2.25. The van der Waals surface area contributed by atoms with Crippen LogP contribution in [0, 0.1) is 0 Å². The number of pyridine rings is 1. The first kappa shape index (κ1) is 18.9. The number of carbonyl (C=O) groups excluding carboxylic acids is 2. The number of nitrogens with zero attached hydrogens (tertiary/aromatic N) is 2. The van der Waals surface area contributed by atoms with Gasteiger partial charge >= 0.3 is 0 Å². The summed E-state index contributed by atoms with van der Waals surface area (Å²) < 4.78 is 5.71. The monoisotopic (exact) mass is 367 g/mol. The van der Waals surface area contributed by atoms with Gasteiger partial charge in [-0.1, -0.05) is 6.92 Å². The van der Waals surface area contributed by atoms with Crippen molar-refractivity contribution >= 4 is 11.8 Å². The van der Waals surface area contributed by atoms with E-state index in [-0.39, 0.29) is 17.9 Å². The summed E-state index contributed by atoms with van der Waals surface area (Å²) in [6, 6.07) is 10.8. The van der Waals surface area contributed by atoms with E-state index in [9.17, 15) is 9.59 Å². The molecular weight excluding hydrogens is 342 g/mol. The number of benzene rings is 1. The first-order chi connectivity index (χ1) is 13.2. The van der Waals surface area contributed by atoms with Gasteiger partial charge in [-0.15, -0.1) is 0 Å². The summed E-state index contributed by atoms with van der Waals surface area (Å²) in [6.45, 7) is 3.26. The van der Waals surface area contributed by atoms with Crippen LogP contribution in [-0.2, 0) is 4.79 Å². The number of hydrogen-bond acceptors (Lipinski definition) is 4. The van der Waals surface area contributed by atoms with Crippen LogP contribution in [0.4, 0.5) is 0 Å². The maximum absolute atomic E-state index is 12.8. The van der Waals surface area contributed by atoms with Gasteiger partial charge in [0.15, 0.2) is 0 Å². The lowest BCUT2D eigenvalue weighted by Crippen LogP contribution is -2.49. The summed E-state index contributed by atoms with van der Waals surface area (Å²) in [6.07, 6.45) is 6.49. The van der Waals surface area contributed by atoms with E-state index in [1.165, 1.54) is 0 Å². The zero-order valence-corrected chi connectivity index (χ0v) is 15.6. The summed E-state index contributed by atoms with van der Waals surface area (Å²) in [4.78, 5) is 30.4. The zero-order valence-electron chi connectivity index (χ0n) is 15.6. The van der Waals surface area contributed by atoms with Crippen molar-refractivity contribution in [1.82, 2.24) is 15.2 Å². The minimum Gasteiger partial charge on any atom is -0.456 e. The molecule has 0 spiro atoms. The molecule has 1 atom stereocenters. The number of aromatic nitrogens is 1. The van der Waals surface area contributed by atoms with Crippen molar-refractivity contribution in [2.75, 3.05) is 13.1 Å². The zero-order chi connectivity index (χ0) is 19.1. The maximum Gasteiger partial charge on any atom is 0.253 e. The third-order valence-electron chi connectivity index (χ3n) is 4.52. The third-order valence-corrected chi connectivity index (χ3v) is 4.52. The van der Waals surface area contributed by atoms with Gasteiger partial charge in [-0.05, 0) is 55.7 Å². The van der Waals surface area contributed by atoms with E-state index >= 15 is 0 Å². The molecule has 1 saturated heterocycles. The van der Waals surface area contributed by atoms with Crippen molar-refractivity contribution in [3.8, 4) is 11.5 Å². The lowest BCUT2D eigenvalue weighted by Gasteiger charge is -2.33. The number of nitrogens with one attached hydrogen (secondary N) is 1. The molecule has 0 aliphatic carbocycles. The minimum atomic E-state index is -0.0163. The van der Waals surface area contributed by atoms with Crippen molar-refractivity contribution in [1.29, 1.82) is 0 Å². The molecule has 27 heavy (non-hydrogen) atoms. The van der Waals surface area contributed by atoms with Crippen LogP contribution >= 0.6 is 0 Å². The lowest BCUT2D eigenvalue weighted by atomic mass is 10.0. The molecule has 1 aromatic carbocycles. The van der Waals surface area contributed by atoms with Crippen molar-refractivity contribution in [3.63, 3.8) is 0 Å². The highest BCUT2D eigenvalue weighted by Crippen LogP contribution is 2.21. The second kappa shape index (κ2) is 9.16. The van der Waals surface area contributed by atoms with Gasteiger partial charge in [0.05, 0.1) is 6.20 Å². The molecule has 2 aromatic rings. The predicted octanol–water partition coefficient (Wildman–Crippen LogP) is 3.39. The Morgan fingerprint density at radius 2 is 2.04 bits per heavy atom. The fourth-order valence-corrected chi connectivity index (χ4v) is 3.20. The molecule has 2 amide bonds. The Labute approximate surface area is 159 Å². The average Bonchev–Trinajstić information content (AvgIpc) is 2.69. The van der Waals surface area contributed by atoms with Crippen LogP contribution in [0.5, 0.6) is 11.5 Å². The molecule has 1 unspecified atom stereocenters. The van der Waals surface area contributed by atoms with Crippen LogP contribution in [0.25, 0.3) is 0 Å². The number of amides is 2. The molecule has 1 aliphatic rings. The summed E-state index contributed by atoms with van der Waals surface area (Å²) in [5.41, 5.74) is 0.620. The quantitative estimate of drug-likeness (QED) is 0.849. The fraction of sp³-hybridized carbons (Fsp3) is 0.381. The summed E-state index contributed by atoms with van der Waals surface area (Å²) in [5, 5.41) is 3.03. The molecule has 1 aromatic heterocycles. The molecule has 6 heteroatoms. The van der Waals surface area contributed by atoms with Crippen LogP contribution < -0.4 is 10.1 Å². The van der Waals surface area contributed by atoms with E-state index in [1.807, 2.05) is 17.9 Å². The second-order valence-electron chi connectivity index (χ2n) is 6.72. The maximum atomic E-state index is 12.8. The Morgan fingerprint density at radius 3 is 2.74 bits per heavy atom. The van der Waals surface area contributed by atoms with E-state index in [1.54, 1.807) is 42.7 Å². The molecular formula is C21H25N3O3. The van der Waals surface area contributed by atoms with E-state index in [2.05, 4.69) is 10.3 Å². The predicted molar refractivity (Wildman–Crippen MR) is 103 cm³/mol. The third kappa shape index (κ3) is 5.29. The topological polar surface area (TPSA) is 71.5 Å². The number of piperidine rings is 1. The first-order valence-corrected chi connectivity index (χ1v) is 9.42. The van der Waals surface area contributed by atoms with Crippen LogP contribution in [0.15, 0.2) is 48.8 Å². The number of likely N-dealkylation sites (tertiary alicyclic amines) is 1. The Bertz CT molecular complexity index is 762. The second-order valence-corrected chi connectivity index (χ2v) is 6.72. The summed E-state index contributed by atoms with van der Waals surface area (Å²) >= 11 is 0. The molecule has 142 valence electrons. The van der Waals surface area contributed by atoms with Crippen molar-refractivity contribution in [3.05, 3.63) is 54.4 Å². The first-order valence-electron chi connectivity index (χ1n) is 9.42. The highest BCUT2D eigenvalue weighted by atomic mass is 16.5. The molecule has 0 bridgehead atoms. The summed E-state index contributed by atoms with van der Waals surface area (Å²) in [5.74, 6) is 1.35. The van der Waals surface area contributed by atoms with Gasteiger partial charge in [-0.2, -0.15) is 0 Å². The van der Waals surface area contributed by atoms with Gasteiger partial charge in [0.1, 0.15) is 11.5 Å². The number of carbonyl (C=O) groups is 2. The lowest BCUT2D eigenvalue weighted by molar-refractivity contribution is -0.122. The molecule has 3 rings (SSSR count). The molecule has 0 radical (unpaired) electrons. The van der Waals surface area contributed by atoms with E-state index in [0.29, 0.717) is 36.6 Å². The van der Waals surface area contributed by atoms with Crippen LogP contribution in [-0.4, -0.2) is 40.8 Å². The number of rotatable bonds is 6. The van der Waals surface area contributed by atoms with Gasteiger partial charge in [-0.25, -0.2) is 0 Å². The van der Waals surface area contributed by atoms with E-state index in [4.69, 9.17) is 4.74 Å². The van der Waals surface area contributed by atoms with Crippen LogP contribution in [0.3, 0.4) is 0 Å². The molecule has 1 fully saturated rings. The van der Waals surface area contributed by atoms with Gasteiger partial charge < -0.3 is 15.0 Å². The van der Waals surface area contributed by atoms with Crippen molar-refractivity contribution in [2.24, 2.45) is 0 Å². The van der Waals surface area contributed by atoms with Crippen molar-refractivity contribution in [2.45, 2.75) is 38.6 Å². The molecule has 6 nitrogen and oxygen atoms in total. The molecule has 2 heterocycles. The van der Waals surface area contributed by atoms with Gasteiger partial charge in [0.2, 0.25) is 5.91 Å². The van der Waals surface area contributed by atoms with E-state index < -0.39 is 0 Å². The number of hydrogen-bond donors (Lipinski definition) is 1. The standard InChI is InChI=1S/C21H25N3O3/c1-2-5-20(25)23-17-6-4-13-24(15-17)21(26)16-8-10-18(11-9-16)27-19-7-3-12-22-14-19/h3,7-12,14,17H,2,4-6,13,15H2,1H3,(H,23,25). The molecule has 1 N–H and O–H groups in total. The normalized spacial score (nSPS) is 16.6. The summed E-state index contributed by atoms with van der Waals surface area (Å²) in [7, 11) is 0. The SMILES string of the molecule is CCCC(=O)NC1CCCN(C(=O)c2ccc(Oc3cccnc3)cc2)C1. The Morgan fingerprint density at radius 1 is 1.22 bits per heavy atom. The number of ether oxygens (including phenoxy) is 1. The average molecular weight is 367 g/mol. The highest BCUT2D eigenvalue weighted by molar-refractivity contribution is 5.94. The Kier molecular flexibility index (Phi) is 6.41. The Balaban J connectivity index is 1.59. The van der Waals surface area contributed by atoms with Crippen LogP contribution in [0.1, 0.15) is 43.0 Å². The smallest absolute Gasteiger partial charge is 0.253 e. The Hall–Kier alpha value is -2.89. The molecule has 0 saturated carbocycles. The fourth-order valence-electron chi connectivity index (χ4n) is 3.20. The molecule has 1 aliphatic heterocycles. The largest absolute Gasteiger partial charge is 0.456 e. The van der Waals surface area contributed by atoms with Crippen LogP contribution in [0.2, 0.25) is 0 Å². The van der Waals surface area contributed by atoms with Gasteiger partial charge in [-0.3, -0.25) is 14.6 Å². The minimum absolute atomic E-state index is 0.0163. The van der Waals surface area contributed by atoms with Crippen molar-refractivity contribution < 1.29 is 14.3 Å².